The van der Waals surface area contributed by atoms with Gasteiger partial charge in [0.05, 0.1) is 18.1 Å². The van der Waals surface area contributed by atoms with Crippen LogP contribution >= 0.6 is 0 Å². The molecule has 2 rings (SSSR count). The molecule has 1 aliphatic rings. The summed E-state index contributed by atoms with van der Waals surface area (Å²) in [5.74, 6) is 0.372. The van der Waals surface area contributed by atoms with Crippen molar-refractivity contribution in [2.45, 2.75) is 51.2 Å². The van der Waals surface area contributed by atoms with Crippen molar-refractivity contribution in [3.05, 3.63) is 18.2 Å². The van der Waals surface area contributed by atoms with Crippen LogP contribution in [0.15, 0.2) is 12.5 Å². The predicted molar refractivity (Wildman–Crippen MR) is 75.7 cm³/mol. The first kappa shape index (κ1) is 14.5. The molecule has 1 aromatic heterocycles. The van der Waals surface area contributed by atoms with Crippen LogP contribution in [-0.2, 0) is 6.54 Å². The van der Waals surface area contributed by atoms with Gasteiger partial charge in [0.15, 0.2) is 0 Å². The summed E-state index contributed by atoms with van der Waals surface area (Å²) in [6.45, 7) is 3.96. The Morgan fingerprint density at radius 3 is 3.11 bits per heavy atom. The molecular formula is C14H26N4O. The summed E-state index contributed by atoms with van der Waals surface area (Å²) in [6, 6.07) is 0.509. The molecule has 0 saturated heterocycles. The van der Waals surface area contributed by atoms with Crippen molar-refractivity contribution < 1.29 is 5.11 Å². The number of rotatable bonds is 7. The van der Waals surface area contributed by atoms with Crippen LogP contribution in [0.2, 0.25) is 0 Å². The molecule has 1 saturated carbocycles. The molecule has 4 N–H and O–H groups in total. The largest absolute Gasteiger partial charge is 0.396 e. The fraction of sp³-hybridized carbons (Fsp3) is 0.786. The summed E-state index contributed by atoms with van der Waals surface area (Å²) >= 11 is 0. The number of nitrogens with zero attached hydrogens (tertiary/aromatic N) is 2. The smallest absolute Gasteiger partial charge is 0.0948 e. The van der Waals surface area contributed by atoms with Gasteiger partial charge >= 0.3 is 0 Å². The number of nitrogens with one attached hydrogen (secondary N) is 1. The van der Waals surface area contributed by atoms with Gasteiger partial charge in [-0.2, -0.15) is 0 Å². The van der Waals surface area contributed by atoms with Crippen LogP contribution in [0.3, 0.4) is 0 Å². The third kappa shape index (κ3) is 3.35. The lowest BCUT2D eigenvalue weighted by Crippen LogP contribution is -2.40. The minimum absolute atomic E-state index is 0.131. The zero-order valence-electron chi connectivity index (χ0n) is 11.8. The minimum Gasteiger partial charge on any atom is -0.396 e. The van der Waals surface area contributed by atoms with Gasteiger partial charge in [0.25, 0.3) is 0 Å². The van der Waals surface area contributed by atoms with Gasteiger partial charge in [-0.15, -0.1) is 0 Å². The maximum absolute atomic E-state index is 9.40. The SMILES string of the molecule is CCCn1cncc1C(CN)NC1CCCC1CO. The van der Waals surface area contributed by atoms with E-state index in [0.29, 0.717) is 18.5 Å². The first-order chi connectivity index (χ1) is 9.30. The molecule has 0 aromatic carbocycles. The van der Waals surface area contributed by atoms with Crippen molar-refractivity contribution >= 4 is 0 Å². The highest BCUT2D eigenvalue weighted by Crippen LogP contribution is 2.27. The van der Waals surface area contributed by atoms with E-state index >= 15 is 0 Å². The van der Waals surface area contributed by atoms with Crippen LogP contribution in [-0.4, -0.2) is 33.9 Å². The van der Waals surface area contributed by atoms with Crippen LogP contribution in [0, 0.1) is 5.92 Å². The zero-order chi connectivity index (χ0) is 13.7. The molecule has 1 aliphatic carbocycles. The Labute approximate surface area is 115 Å². The molecule has 1 heterocycles. The third-order valence-corrected chi connectivity index (χ3v) is 4.11. The maximum atomic E-state index is 9.40. The van der Waals surface area contributed by atoms with Gasteiger partial charge in [0.2, 0.25) is 0 Å². The van der Waals surface area contributed by atoms with E-state index in [4.69, 9.17) is 5.73 Å². The molecule has 1 fully saturated rings. The van der Waals surface area contributed by atoms with Crippen molar-refractivity contribution in [1.29, 1.82) is 0 Å². The lowest BCUT2D eigenvalue weighted by Gasteiger charge is -2.26. The molecule has 0 radical (unpaired) electrons. The van der Waals surface area contributed by atoms with Crippen molar-refractivity contribution in [1.82, 2.24) is 14.9 Å². The number of hydrogen-bond donors (Lipinski definition) is 3. The highest BCUT2D eigenvalue weighted by molar-refractivity contribution is 5.07. The average Bonchev–Trinajstić information content (AvgIpc) is 3.05. The number of aliphatic hydroxyl groups excluding tert-OH is 1. The Kier molecular flexibility index (Phi) is 5.36. The molecule has 1 aromatic rings. The summed E-state index contributed by atoms with van der Waals surface area (Å²) in [5, 5.41) is 13.0. The number of nitrogens with two attached hydrogens (primary N) is 1. The number of hydrogen-bond acceptors (Lipinski definition) is 4. The van der Waals surface area contributed by atoms with Gasteiger partial charge in [-0.25, -0.2) is 4.98 Å². The molecule has 3 atom stereocenters. The first-order valence-electron chi connectivity index (χ1n) is 7.37. The molecular weight excluding hydrogens is 240 g/mol. The van der Waals surface area contributed by atoms with Crippen molar-refractivity contribution in [2.75, 3.05) is 13.2 Å². The van der Waals surface area contributed by atoms with E-state index < -0.39 is 0 Å². The van der Waals surface area contributed by atoms with E-state index in [1.807, 2.05) is 12.5 Å². The normalized spacial score (nSPS) is 24.8. The molecule has 19 heavy (non-hydrogen) atoms. The van der Waals surface area contributed by atoms with Crippen LogP contribution < -0.4 is 11.1 Å². The summed E-state index contributed by atoms with van der Waals surface area (Å²) < 4.78 is 2.17. The topological polar surface area (TPSA) is 76.1 Å². The molecule has 0 spiro atoms. The standard InChI is InChI=1S/C14H26N4O/c1-2-6-18-10-16-8-14(18)13(7-15)17-12-5-3-4-11(12)9-19/h8,10-13,17,19H,2-7,9,15H2,1H3. The second-order valence-electron chi connectivity index (χ2n) is 5.45. The average molecular weight is 266 g/mol. The zero-order valence-corrected chi connectivity index (χ0v) is 11.8. The minimum atomic E-state index is 0.131. The number of aliphatic hydroxyl groups is 1. The Bertz CT molecular complexity index is 379. The second-order valence-corrected chi connectivity index (χ2v) is 5.45. The van der Waals surface area contributed by atoms with E-state index in [2.05, 4.69) is 21.8 Å². The molecule has 0 aliphatic heterocycles. The second kappa shape index (κ2) is 7.03. The van der Waals surface area contributed by atoms with Crippen molar-refractivity contribution in [2.24, 2.45) is 11.7 Å². The van der Waals surface area contributed by atoms with Crippen molar-refractivity contribution in [3.8, 4) is 0 Å². The highest BCUT2D eigenvalue weighted by Gasteiger charge is 2.29. The quantitative estimate of drug-likeness (QED) is 0.689. The van der Waals surface area contributed by atoms with Gasteiger partial charge in [-0.3, -0.25) is 0 Å². The first-order valence-corrected chi connectivity index (χ1v) is 7.37. The van der Waals surface area contributed by atoms with E-state index in [0.717, 1.165) is 31.5 Å². The van der Waals surface area contributed by atoms with Gasteiger partial charge < -0.3 is 20.7 Å². The molecule has 3 unspecified atom stereocenters. The van der Waals surface area contributed by atoms with Gasteiger partial charge in [-0.05, 0) is 25.2 Å². The molecule has 5 nitrogen and oxygen atoms in total. The monoisotopic (exact) mass is 266 g/mol. The fourth-order valence-electron chi connectivity index (χ4n) is 3.06. The lowest BCUT2D eigenvalue weighted by atomic mass is 10.0. The van der Waals surface area contributed by atoms with Gasteiger partial charge in [-0.1, -0.05) is 13.3 Å². The third-order valence-electron chi connectivity index (χ3n) is 4.11. The van der Waals surface area contributed by atoms with Crippen LogP contribution in [0.25, 0.3) is 0 Å². The Morgan fingerprint density at radius 1 is 1.58 bits per heavy atom. The summed E-state index contributed by atoms with van der Waals surface area (Å²) in [7, 11) is 0. The Morgan fingerprint density at radius 2 is 2.42 bits per heavy atom. The molecule has 5 heteroatoms. The van der Waals surface area contributed by atoms with E-state index in [-0.39, 0.29) is 12.6 Å². The van der Waals surface area contributed by atoms with Crippen LogP contribution in [0.1, 0.15) is 44.3 Å². The van der Waals surface area contributed by atoms with Crippen LogP contribution in [0.4, 0.5) is 0 Å². The molecule has 108 valence electrons. The maximum Gasteiger partial charge on any atom is 0.0948 e. The van der Waals surface area contributed by atoms with E-state index in [1.54, 1.807) is 0 Å². The van der Waals surface area contributed by atoms with Crippen molar-refractivity contribution in [3.63, 3.8) is 0 Å². The number of aryl methyl sites for hydroxylation is 1. The van der Waals surface area contributed by atoms with Gasteiger partial charge in [0.1, 0.15) is 0 Å². The fourth-order valence-corrected chi connectivity index (χ4v) is 3.06. The lowest BCUT2D eigenvalue weighted by molar-refractivity contribution is 0.199. The summed E-state index contributed by atoms with van der Waals surface area (Å²) in [6.07, 6.45) is 8.30. The highest BCUT2D eigenvalue weighted by atomic mass is 16.3. The molecule has 0 bridgehead atoms. The molecule has 0 amide bonds. The summed E-state index contributed by atoms with van der Waals surface area (Å²) in [4.78, 5) is 4.24. The van der Waals surface area contributed by atoms with E-state index in [1.165, 1.54) is 6.42 Å². The Balaban J connectivity index is 2.05. The van der Waals surface area contributed by atoms with Crippen LogP contribution in [0.5, 0.6) is 0 Å². The van der Waals surface area contributed by atoms with Gasteiger partial charge in [0, 0.05) is 31.9 Å². The Hall–Kier alpha value is -0.910. The number of aromatic nitrogens is 2. The predicted octanol–water partition coefficient (Wildman–Crippen LogP) is 1.04. The summed E-state index contributed by atoms with van der Waals surface area (Å²) in [5.41, 5.74) is 7.09. The van der Waals surface area contributed by atoms with E-state index in [9.17, 15) is 5.11 Å². The number of imidazole rings is 1.